The van der Waals surface area contributed by atoms with Gasteiger partial charge in [0.05, 0.1) is 38.9 Å². The van der Waals surface area contributed by atoms with Crippen molar-refractivity contribution in [2.75, 3.05) is 4.90 Å². The highest BCUT2D eigenvalue weighted by Gasteiger charge is 2.50. The van der Waals surface area contributed by atoms with Gasteiger partial charge < -0.3 is 9.64 Å². The van der Waals surface area contributed by atoms with Crippen LogP contribution in [0.15, 0.2) is 71.7 Å². The van der Waals surface area contributed by atoms with Gasteiger partial charge in [-0.05, 0) is 47.7 Å². The summed E-state index contributed by atoms with van der Waals surface area (Å²) in [5.74, 6) is -0.812. The van der Waals surface area contributed by atoms with Crippen LogP contribution in [0.2, 0.25) is 10.0 Å². The maximum absolute atomic E-state index is 13.9. The molecule has 0 N–H and O–H groups in total. The number of carbonyl (C=O) groups excluding carboxylic acids is 2. The molecular formula is C29H24Cl2N2O3. The number of halogens is 2. The van der Waals surface area contributed by atoms with Gasteiger partial charge in [0.15, 0.2) is 0 Å². The average molecular weight is 519 g/mol. The second-order valence-corrected chi connectivity index (χ2v) is 11.2. The third kappa shape index (κ3) is 3.73. The number of esters is 1. The van der Waals surface area contributed by atoms with Gasteiger partial charge in [0.25, 0.3) is 0 Å². The summed E-state index contributed by atoms with van der Waals surface area (Å²) in [6, 6.07) is 20.1. The van der Waals surface area contributed by atoms with Crippen molar-refractivity contribution in [2.24, 2.45) is 16.3 Å². The number of anilines is 1. The molecule has 3 aliphatic rings. The SMILES string of the molecule is CC1(C)CC(=O)[C@@H]2C(=Nc3ccccc3N([C@H]3OC(=O)c4ccccc43)[C@H]2c2ccc(Cl)c(Cl)c2)C1. The lowest BCUT2D eigenvalue weighted by atomic mass is 9.68. The molecule has 182 valence electrons. The molecule has 0 unspecified atom stereocenters. The quantitative estimate of drug-likeness (QED) is 0.329. The van der Waals surface area contributed by atoms with Crippen LogP contribution in [0.5, 0.6) is 0 Å². The van der Waals surface area contributed by atoms with E-state index in [1.54, 1.807) is 12.1 Å². The molecule has 2 heterocycles. The number of cyclic esters (lactones) is 1. The van der Waals surface area contributed by atoms with E-state index in [2.05, 4.69) is 13.8 Å². The van der Waals surface area contributed by atoms with Crippen LogP contribution < -0.4 is 4.90 Å². The van der Waals surface area contributed by atoms with Crippen LogP contribution in [0, 0.1) is 11.3 Å². The van der Waals surface area contributed by atoms with Crippen molar-refractivity contribution in [2.45, 2.75) is 39.0 Å². The Hall–Kier alpha value is -3.15. The summed E-state index contributed by atoms with van der Waals surface area (Å²) in [6.45, 7) is 4.20. The van der Waals surface area contributed by atoms with Crippen molar-refractivity contribution in [3.8, 4) is 0 Å². The number of rotatable bonds is 2. The highest BCUT2D eigenvalue weighted by molar-refractivity contribution is 6.42. The normalized spacial score (nSPS) is 24.3. The highest BCUT2D eigenvalue weighted by atomic mass is 35.5. The van der Waals surface area contributed by atoms with E-state index in [-0.39, 0.29) is 17.2 Å². The first kappa shape index (κ1) is 23.3. The van der Waals surface area contributed by atoms with Crippen molar-refractivity contribution in [1.29, 1.82) is 0 Å². The van der Waals surface area contributed by atoms with E-state index in [1.807, 2.05) is 59.5 Å². The average Bonchev–Trinajstić information content (AvgIpc) is 3.08. The molecule has 0 aromatic heterocycles. The summed E-state index contributed by atoms with van der Waals surface area (Å²) in [6.07, 6.45) is 0.385. The van der Waals surface area contributed by atoms with Crippen LogP contribution in [-0.2, 0) is 9.53 Å². The Bertz CT molecular complexity index is 1450. The number of ketones is 1. The van der Waals surface area contributed by atoms with Crippen LogP contribution in [0.4, 0.5) is 11.4 Å². The molecule has 0 saturated heterocycles. The predicted octanol–water partition coefficient (Wildman–Crippen LogP) is 7.50. The fraction of sp³-hybridized carbons (Fsp3) is 0.276. The number of fused-ring (bicyclic) bond motifs is 3. The van der Waals surface area contributed by atoms with Crippen LogP contribution in [0.25, 0.3) is 0 Å². The van der Waals surface area contributed by atoms with E-state index < -0.39 is 18.2 Å². The molecule has 0 bridgehead atoms. The maximum atomic E-state index is 13.9. The number of para-hydroxylation sites is 2. The first-order valence-corrected chi connectivity index (χ1v) is 12.7. The lowest BCUT2D eigenvalue weighted by Gasteiger charge is -2.43. The number of carbonyl (C=O) groups is 2. The van der Waals surface area contributed by atoms with Gasteiger partial charge in [-0.1, -0.05) is 73.4 Å². The molecule has 0 spiro atoms. The van der Waals surface area contributed by atoms with Gasteiger partial charge in [-0.15, -0.1) is 0 Å². The van der Waals surface area contributed by atoms with Crippen molar-refractivity contribution in [3.63, 3.8) is 0 Å². The zero-order valence-corrected chi connectivity index (χ0v) is 21.4. The molecule has 3 aromatic rings. The summed E-state index contributed by atoms with van der Waals surface area (Å²) in [4.78, 5) is 33.9. The van der Waals surface area contributed by atoms with Gasteiger partial charge in [0.1, 0.15) is 5.78 Å². The van der Waals surface area contributed by atoms with Crippen molar-refractivity contribution in [3.05, 3.63) is 93.5 Å². The first-order chi connectivity index (χ1) is 17.2. The van der Waals surface area contributed by atoms with Crippen molar-refractivity contribution >= 4 is 52.0 Å². The zero-order chi connectivity index (χ0) is 25.2. The van der Waals surface area contributed by atoms with E-state index >= 15 is 0 Å². The minimum atomic E-state index is -0.730. The number of ether oxygens (including phenoxy) is 1. The van der Waals surface area contributed by atoms with Crippen molar-refractivity contribution < 1.29 is 14.3 Å². The minimum absolute atomic E-state index is 0.108. The summed E-state index contributed by atoms with van der Waals surface area (Å²) in [7, 11) is 0. The molecule has 3 aromatic carbocycles. The summed E-state index contributed by atoms with van der Waals surface area (Å²) >= 11 is 12.8. The molecule has 1 saturated carbocycles. The topological polar surface area (TPSA) is 59.0 Å². The number of hydrogen-bond acceptors (Lipinski definition) is 5. The van der Waals surface area contributed by atoms with Crippen LogP contribution in [0.1, 0.15) is 60.4 Å². The lowest BCUT2D eigenvalue weighted by molar-refractivity contribution is -0.124. The van der Waals surface area contributed by atoms with Crippen LogP contribution >= 0.6 is 23.2 Å². The van der Waals surface area contributed by atoms with E-state index in [0.717, 1.165) is 28.2 Å². The number of benzene rings is 3. The molecule has 36 heavy (non-hydrogen) atoms. The molecule has 7 heteroatoms. The zero-order valence-electron chi connectivity index (χ0n) is 19.9. The number of hydrogen-bond donors (Lipinski definition) is 0. The van der Waals surface area contributed by atoms with Gasteiger partial charge in [-0.2, -0.15) is 0 Å². The Morgan fingerprint density at radius 1 is 0.944 bits per heavy atom. The second kappa shape index (κ2) is 8.46. The Morgan fingerprint density at radius 3 is 2.50 bits per heavy atom. The Labute approximate surface area is 219 Å². The Kier molecular flexibility index (Phi) is 5.47. The molecular weight excluding hydrogens is 495 g/mol. The summed E-state index contributed by atoms with van der Waals surface area (Å²) in [5.41, 5.74) is 4.25. The summed E-state index contributed by atoms with van der Waals surface area (Å²) in [5, 5.41) is 0.834. The summed E-state index contributed by atoms with van der Waals surface area (Å²) < 4.78 is 6.01. The first-order valence-electron chi connectivity index (χ1n) is 12.0. The largest absolute Gasteiger partial charge is 0.433 e. The smallest absolute Gasteiger partial charge is 0.340 e. The van der Waals surface area contributed by atoms with E-state index in [1.165, 1.54) is 0 Å². The molecule has 6 rings (SSSR count). The highest BCUT2D eigenvalue weighted by Crippen LogP contribution is 2.52. The van der Waals surface area contributed by atoms with Gasteiger partial charge in [0.2, 0.25) is 6.23 Å². The third-order valence-corrected chi connectivity index (χ3v) is 8.00. The van der Waals surface area contributed by atoms with Crippen LogP contribution in [0.3, 0.4) is 0 Å². The van der Waals surface area contributed by atoms with E-state index in [4.69, 9.17) is 32.9 Å². The van der Waals surface area contributed by atoms with Gasteiger partial charge in [-0.3, -0.25) is 9.79 Å². The van der Waals surface area contributed by atoms with Crippen molar-refractivity contribution in [1.82, 2.24) is 0 Å². The molecule has 1 aliphatic carbocycles. The maximum Gasteiger partial charge on any atom is 0.340 e. The minimum Gasteiger partial charge on any atom is -0.433 e. The number of nitrogens with zero attached hydrogens (tertiary/aromatic N) is 2. The lowest BCUT2D eigenvalue weighted by Crippen LogP contribution is -2.46. The van der Waals surface area contributed by atoms with Gasteiger partial charge in [0, 0.05) is 17.7 Å². The van der Waals surface area contributed by atoms with Gasteiger partial charge >= 0.3 is 5.97 Å². The molecule has 1 fully saturated rings. The predicted molar refractivity (Wildman–Crippen MR) is 141 cm³/mol. The number of Topliss-reactive ketones (excluding diaryl/α,β-unsaturated/α-hetero) is 1. The number of aliphatic imine (C=N–C) groups is 1. The molecule has 5 nitrogen and oxygen atoms in total. The monoisotopic (exact) mass is 518 g/mol. The third-order valence-electron chi connectivity index (χ3n) is 7.26. The van der Waals surface area contributed by atoms with Gasteiger partial charge in [-0.25, -0.2) is 4.79 Å². The molecule has 3 atom stereocenters. The standard InChI is InChI=1S/C29H24Cl2N2O3/c1-29(2)14-22-25(24(34)15-29)26(16-11-12-19(30)20(31)13-16)33(23-10-6-5-9-21(23)32-22)27-17-7-3-4-8-18(17)28(35)36-27/h3-13,25-27H,14-15H2,1-2H3/t25-,26-,27-/m0/s1. The fourth-order valence-electron chi connectivity index (χ4n) is 5.79. The Balaban J connectivity index is 1.63. The fourth-order valence-corrected chi connectivity index (χ4v) is 6.10. The van der Waals surface area contributed by atoms with E-state index in [0.29, 0.717) is 28.5 Å². The molecule has 0 amide bonds. The molecule has 0 radical (unpaired) electrons. The van der Waals surface area contributed by atoms with E-state index in [9.17, 15) is 9.59 Å². The Morgan fingerprint density at radius 2 is 1.69 bits per heavy atom. The van der Waals surface area contributed by atoms with Crippen LogP contribution in [-0.4, -0.2) is 17.5 Å². The molecule has 2 aliphatic heterocycles. The second-order valence-electron chi connectivity index (χ2n) is 10.4.